The normalized spacial score (nSPS) is 10.9. The van der Waals surface area contributed by atoms with Gasteiger partial charge in [-0.05, 0) is 32.9 Å². The molecule has 0 amide bonds. The van der Waals surface area contributed by atoms with E-state index >= 15 is 0 Å². The molecule has 0 radical (unpaired) electrons. The van der Waals surface area contributed by atoms with Crippen molar-refractivity contribution in [3.05, 3.63) is 20.8 Å². The molecule has 62 valence electrons. The summed E-state index contributed by atoms with van der Waals surface area (Å²) in [5, 5.41) is 4.09. The monoisotopic (exact) mass is 234 g/mol. The largest absolute Gasteiger partial charge is 0.251 e. The van der Waals surface area contributed by atoms with Gasteiger partial charge in [0.25, 0.3) is 0 Å². The van der Waals surface area contributed by atoms with E-state index in [1.54, 1.807) is 11.3 Å². The molecule has 11 heavy (non-hydrogen) atoms. The summed E-state index contributed by atoms with van der Waals surface area (Å²) in [6.45, 7) is 0.898. The third-order valence-electron chi connectivity index (χ3n) is 1.22. The summed E-state index contributed by atoms with van der Waals surface area (Å²) < 4.78 is 1.19. The number of hydrogen-bond acceptors (Lipinski definition) is 3. The Morgan fingerprint density at radius 1 is 1.64 bits per heavy atom. The van der Waals surface area contributed by atoms with Crippen molar-refractivity contribution in [2.75, 3.05) is 14.1 Å². The second-order valence-corrected chi connectivity index (χ2v) is 4.78. The lowest BCUT2D eigenvalue weighted by molar-refractivity contribution is 0.286. The molecule has 4 heteroatoms. The maximum Gasteiger partial charge on any atom is 0.0701 e. The lowest BCUT2D eigenvalue weighted by Gasteiger charge is -2.09. The Bertz CT molecular complexity index is 222. The van der Waals surface area contributed by atoms with Crippen LogP contribution in [0.15, 0.2) is 15.2 Å². The van der Waals surface area contributed by atoms with Crippen LogP contribution in [0.1, 0.15) is 5.56 Å². The predicted molar refractivity (Wildman–Crippen MR) is 52.5 cm³/mol. The molecule has 1 N–H and O–H groups in total. The standard InChI is InChI=1S/C7H11BrN2S/c1-10(2)9-4-6-3-7(8)11-5-6/h3,5,9H,4H2,1-2H3. The minimum Gasteiger partial charge on any atom is -0.251 e. The van der Waals surface area contributed by atoms with Crippen LogP contribution in [-0.4, -0.2) is 19.1 Å². The van der Waals surface area contributed by atoms with Gasteiger partial charge in [0.1, 0.15) is 0 Å². The van der Waals surface area contributed by atoms with E-state index in [1.165, 1.54) is 9.35 Å². The second kappa shape index (κ2) is 4.21. The van der Waals surface area contributed by atoms with E-state index in [4.69, 9.17) is 0 Å². The SMILES string of the molecule is CN(C)NCc1csc(Br)c1. The topological polar surface area (TPSA) is 15.3 Å². The number of halogens is 1. The smallest absolute Gasteiger partial charge is 0.0701 e. The summed E-state index contributed by atoms with van der Waals surface area (Å²) in [4.78, 5) is 0. The first-order valence-electron chi connectivity index (χ1n) is 3.32. The van der Waals surface area contributed by atoms with Gasteiger partial charge in [-0.15, -0.1) is 11.3 Å². The van der Waals surface area contributed by atoms with Gasteiger partial charge in [0.2, 0.25) is 0 Å². The number of rotatable bonds is 3. The minimum atomic E-state index is 0.898. The zero-order valence-corrected chi connectivity index (χ0v) is 9.00. The van der Waals surface area contributed by atoms with E-state index in [1.807, 2.05) is 19.1 Å². The van der Waals surface area contributed by atoms with E-state index in [0.29, 0.717) is 0 Å². The van der Waals surface area contributed by atoms with Crippen LogP contribution in [0.5, 0.6) is 0 Å². The Hall–Kier alpha value is 0.100. The quantitative estimate of drug-likeness (QED) is 0.807. The zero-order valence-electron chi connectivity index (χ0n) is 6.60. The average Bonchev–Trinajstić information content (AvgIpc) is 2.31. The number of nitrogens with zero attached hydrogens (tertiary/aromatic N) is 1. The molecule has 0 aliphatic rings. The Labute approximate surface area is 79.3 Å². The van der Waals surface area contributed by atoms with Crippen LogP contribution in [0, 0.1) is 0 Å². The number of thiophene rings is 1. The van der Waals surface area contributed by atoms with Crippen molar-refractivity contribution in [3.63, 3.8) is 0 Å². The first-order chi connectivity index (χ1) is 5.18. The van der Waals surface area contributed by atoms with E-state index in [2.05, 4.69) is 32.8 Å². The summed E-state index contributed by atoms with van der Waals surface area (Å²) in [5.74, 6) is 0. The maximum absolute atomic E-state index is 3.42. The summed E-state index contributed by atoms with van der Waals surface area (Å²) in [6, 6.07) is 2.13. The van der Waals surface area contributed by atoms with Gasteiger partial charge in [0.05, 0.1) is 3.79 Å². The van der Waals surface area contributed by atoms with Crippen molar-refractivity contribution >= 4 is 27.3 Å². The molecule has 1 heterocycles. The fourth-order valence-corrected chi connectivity index (χ4v) is 1.90. The van der Waals surface area contributed by atoms with E-state index in [-0.39, 0.29) is 0 Å². The lowest BCUT2D eigenvalue weighted by atomic mass is 10.3. The predicted octanol–water partition coefficient (Wildman–Crippen LogP) is 2.08. The Morgan fingerprint density at radius 2 is 2.36 bits per heavy atom. The molecule has 0 saturated carbocycles. The van der Waals surface area contributed by atoms with Gasteiger partial charge in [-0.1, -0.05) is 0 Å². The van der Waals surface area contributed by atoms with Crippen LogP contribution in [0.4, 0.5) is 0 Å². The van der Waals surface area contributed by atoms with Gasteiger partial charge >= 0.3 is 0 Å². The lowest BCUT2D eigenvalue weighted by Crippen LogP contribution is -2.29. The fourth-order valence-electron chi connectivity index (χ4n) is 0.688. The highest BCUT2D eigenvalue weighted by molar-refractivity contribution is 9.11. The van der Waals surface area contributed by atoms with Crippen molar-refractivity contribution in [1.29, 1.82) is 0 Å². The average molecular weight is 235 g/mol. The van der Waals surface area contributed by atoms with E-state index < -0.39 is 0 Å². The number of nitrogens with one attached hydrogen (secondary N) is 1. The molecule has 1 aromatic heterocycles. The minimum absolute atomic E-state index is 0.898. The van der Waals surface area contributed by atoms with Crippen LogP contribution >= 0.6 is 27.3 Å². The summed E-state index contributed by atoms with van der Waals surface area (Å²) in [6.07, 6.45) is 0. The van der Waals surface area contributed by atoms with Gasteiger partial charge < -0.3 is 0 Å². The molecule has 0 spiro atoms. The van der Waals surface area contributed by atoms with Gasteiger partial charge in [-0.2, -0.15) is 0 Å². The van der Waals surface area contributed by atoms with Crippen LogP contribution in [0.2, 0.25) is 0 Å². The Morgan fingerprint density at radius 3 is 2.82 bits per heavy atom. The first-order valence-corrected chi connectivity index (χ1v) is 4.99. The third-order valence-corrected chi connectivity index (χ3v) is 2.77. The van der Waals surface area contributed by atoms with Crippen molar-refractivity contribution in [1.82, 2.24) is 10.4 Å². The van der Waals surface area contributed by atoms with Crippen LogP contribution < -0.4 is 5.43 Å². The first kappa shape index (κ1) is 9.19. The van der Waals surface area contributed by atoms with E-state index in [0.717, 1.165) is 6.54 Å². The highest BCUT2D eigenvalue weighted by Crippen LogP contribution is 2.20. The summed E-state index contributed by atoms with van der Waals surface area (Å²) in [7, 11) is 3.98. The Balaban J connectivity index is 2.39. The summed E-state index contributed by atoms with van der Waals surface area (Å²) in [5.41, 5.74) is 4.51. The molecule has 1 rings (SSSR count). The summed E-state index contributed by atoms with van der Waals surface area (Å²) >= 11 is 5.13. The second-order valence-electron chi connectivity index (χ2n) is 2.49. The molecule has 0 saturated heterocycles. The molecule has 0 fully saturated rings. The van der Waals surface area contributed by atoms with Gasteiger partial charge in [0, 0.05) is 20.6 Å². The number of hydrazine groups is 1. The molecule has 0 atom stereocenters. The van der Waals surface area contributed by atoms with Gasteiger partial charge in [0.15, 0.2) is 0 Å². The maximum atomic E-state index is 3.42. The molecule has 0 bridgehead atoms. The van der Waals surface area contributed by atoms with Crippen molar-refractivity contribution in [2.45, 2.75) is 6.54 Å². The molecule has 2 nitrogen and oxygen atoms in total. The van der Waals surface area contributed by atoms with Crippen molar-refractivity contribution < 1.29 is 0 Å². The molecule has 1 aromatic rings. The third kappa shape index (κ3) is 3.33. The van der Waals surface area contributed by atoms with Crippen LogP contribution in [-0.2, 0) is 6.54 Å². The van der Waals surface area contributed by atoms with Gasteiger partial charge in [-0.25, -0.2) is 0 Å². The van der Waals surface area contributed by atoms with Crippen LogP contribution in [0.3, 0.4) is 0 Å². The molecule has 0 aliphatic carbocycles. The van der Waals surface area contributed by atoms with Crippen molar-refractivity contribution in [2.24, 2.45) is 0 Å². The highest BCUT2D eigenvalue weighted by atomic mass is 79.9. The highest BCUT2D eigenvalue weighted by Gasteiger charge is 1.96. The molecule has 0 aromatic carbocycles. The number of hydrogen-bond donors (Lipinski definition) is 1. The van der Waals surface area contributed by atoms with E-state index in [9.17, 15) is 0 Å². The molecule has 0 unspecified atom stereocenters. The zero-order chi connectivity index (χ0) is 8.27. The van der Waals surface area contributed by atoms with Crippen LogP contribution in [0.25, 0.3) is 0 Å². The van der Waals surface area contributed by atoms with Gasteiger partial charge in [-0.3, -0.25) is 10.4 Å². The molecular weight excluding hydrogens is 224 g/mol. The molecular formula is C7H11BrN2S. The van der Waals surface area contributed by atoms with Crippen molar-refractivity contribution in [3.8, 4) is 0 Å². The fraction of sp³-hybridized carbons (Fsp3) is 0.429. The Kier molecular flexibility index (Phi) is 3.51. The molecule has 0 aliphatic heterocycles.